The highest BCUT2D eigenvalue weighted by Gasteiger charge is 2.07. The second kappa shape index (κ2) is 7.10. The van der Waals surface area contributed by atoms with Crippen LogP contribution in [0.5, 0.6) is 0 Å². The van der Waals surface area contributed by atoms with Crippen LogP contribution in [0.25, 0.3) is 0 Å². The summed E-state index contributed by atoms with van der Waals surface area (Å²) in [4.78, 5) is 10.1. The van der Waals surface area contributed by atoms with Gasteiger partial charge in [-0.1, -0.05) is 0 Å². The summed E-state index contributed by atoms with van der Waals surface area (Å²) in [5.74, 6) is 0.670. The number of aliphatic hydroxyl groups excluding tert-OH is 2. The maximum Gasteiger partial charge on any atom is 0.147 e. The zero-order chi connectivity index (χ0) is 11.8. The van der Waals surface area contributed by atoms with E-state index < -0.39 is 0 Å². The van der Waals surface area contributed by atoms with E-state index in [4.69, 9.17) is 14.9 Å². The molecule has 0 unspecified atom stereocenters. The number of methoxy groups -OCH3 is 1. The maximum atomic E-state index is 8.93. The van der Waals surface area contributed by atoms with Gasteiger partial charge in [0.1, 0.15) is 5.82 Å². The summed E-state index contributed by atoms with van der Waals surface area (Å²) < 4.78 is 4.97. The lowest BCUT2D eigenvalue weighted by Crippen LogP contribution is -2.31. The van der Waals surface area contributed by atoms with Gasteiger partial charge in [0.2, 0.25) is 0 Å². The number of hydrogen-bond acceptors (Lipinski definition) is 6. The van der Waals surface area contributed by atoms with E-state index >= 15 is 0 Å². The SMILES string of the molecule is COCCN(CCO)c1cnc(CO)cn1. The van der Waals surface area contributed by atoms with Gasteiger partial charge in [-0.2, -0.15) is 0 Å². The molecule has 1 heterocycles. The average molecular weight is 227 g/mol. The molecule has 1 aromatic rings. The maximum absolute atomic E-state index is 8.93. The van der Waals surface area contributed by atoms with Crippen molar-refractivity contribution in [3.8, 4) is 0 Å². The molecule has 0 aliphatic rings. The predicted octanol–water partition coefficient (Wildman–Crippen LogP) is -0.586. The van der Waals surface area contributed by atoms with Gasteiger partial charge >= 0.3 is 0 Å². The van der Waals surface area contributed by atoms with Crippen LogP contribution in [0.1, 0.15) is 5.69 Å². The predicted molar refractivity (Wildman–Crippen MR) is 59.1 cm³/mol. The Bertz CT molecular complexity index is 292. The van der Waals surface area contributed by atoms with E-state index in [1.165, 1.54) is 6.20 Å². The first-order valence-electron chi connectivity index (χ1n) is 5.08. The number of rotatable bonds is 7. The Morgan fingerprint density at radius 2 is 2.06 bits per heavy atom. The van der Waals surface area contributed by atoms with E-state index in [0.29, 0.717) is 31.2 Å². The molecular formula is C10H17N3O3. The third kappa shape index (κ3) is 3.73. The molecular weight excluding hydrogens is 210 g/mol. The zero-order valence-corrected chi connectivity index (χ0v) is 9.33. The Kier molecular flexibility index (Phi) is 5.69. The van der Waals surface area contributed by atoms with E-state index in [0.717, 1.165) is 0 Å². The van der Waals surface area contributed by atoms with E-state index in [-0.39, 0.29) is 13.2 Å². The molecule has 6 nitrogen and oxygen atoms in total. The number of aliphatic hydroxyl groups is 2. The first-order valence-corrected chi connectivity index (χ1v) is 5.08. The molecule has 0 aliphatic carbocycles. The molecule has 16 heavy (non-hydrogen) atoms. The summed E-state index contributed by atoms with van der Waals surface area (Å²) in [5, 5.41) is 17.8. The molecule has 0 fully saturated rings. The first kappa shape index (κ1) is 12.8. The summed E-state index contributed by atoms with van der Waals surface area (Å²) in [6, 6.07) is 0. The highest BCUT2D eigenvalue weighted by molar-refractivity contribution is 5.35. The summed E-state index contributed by atoms with van der Waals surface area (Å²) in [6.45, 7) is 1.61. The van der Waals surface area contributed by atoms with Crippen LogP contribution < -0.4 is 4.90 Å². The summed E-state index contributed by atoms with van der Waals surface area (Å²) in [7, 11) is 1.62. The van der Waals surface area contributed by atoms with E-state index in [2.05, 4.69) is 9.97 Å². The largest absolute Gasteiger partial charge is 0.395 e. The lowest BCUT2D eigenvalue weighted by Gasteiger charge is -2.21. The molecule has 0 saturated heterocycles. The molecule has 0 aromatic carbocycles. The lowest BCUT2D eigenvalue weighted by molar-refractivity contribution is 0.202. The van der Waals surface area contributed by atoms with E-state index in [1.807, 2.05) is 4.90 Å². The van der Waals surface area contributed by atoms with Gasteiger partial charge in [0.05, 0.1) is 37.9 Å². The number of anilines is 1. The molecule has 90 valence electrons. The van der Waals surface area contributed by atoms with Crippen molar-refractivity contribution < 1.29 is 14.9 Å². The minimum atomic E-state index is -0.120. The summed E-state index contributed by atoms with van der Waals surface area (Å²) >= 11 is 0. The van der Waals surface area contributed by atoms with Crippen molar-refractivity contribution >= 4 is 5.82 Å². The number of ether oxygens (including phenoxy) is 1. The molecule has 0 radical (unpaired) electrons. The fraction of sp³-hybridized carbons (Fsp3) is 0.600. The molecule has 2 N–H and O–H groups in total. The summed E-state index contributed by atoms with van der Waals surface area (Å²) in [5.41, 5.74) is 0.527. The van der Waals surface area contributed by atoms with Crippen LogP contribution in [-0.2, 0) is 11.3 Å². The van der Waals surface area contributed by atoms with Crippen LogP contribution in [0, 0.1) is 0 Å². The topological polar surface area (TPSA) is 78.7 Å². The fourth-order valence-electron chi connectivity index (χ4n) is 1.26. The van der Waals surface area contributed by atoms with Gasteiger partial charge in [-0.15, -0.1) is 0 Å². The van der Waals surface area contributed by atoms with Crippen molar-refractivity contribution in [2.75, 3.05) is 38.3 Å². The van der Waals surface area contributed by atoms with Crippen molar-refractivity contribution in [2.45, 2.75) is 6.61 Å². The Morgan fingerprint density at radius 3 is 2.56 bits per heavy atom. The molecule has 1 aromatic heterocycles. The number of nitrogens with zero attached hydrogens (tertiary/aromatic N) is 3. The zero-order valence-electron chi connectivity index (χ0n) is 9.33. The lowest BCUT2D eigenvalue weighted by atomic mass is 10.4. The van der Waals surface area contributed by atoms with Crippen LogP contribution >= 0.6 is 0 Å². The molecule has 0 saturated carbocycles. The van der Waals surface area contributed by atoms with Crippen molar-refractivity contribution in [2.24, 2.45) is 0 Å². The molecule has 0 spiro atoms. The van der Waals surface area contributed by atoms with Gasteiger partial charge in [-0.05, 0) is 0 Å². The second-order valence-corrected chi connectivity index (χ2v) is 3.23. The minimum absolute atomic E-state index is 0.0488. The van der Waals surface area contributed by atoms with E-state index in [1.54, 1.807) is 13.3 Å². The number of hydrogen-bond donors (Lipinski definition) is 2. The Morgan fingerprint density at radius 1 is 1.25 bits per heavy atom. The molecule has 1 rings (SSSR count). The highest BCUT2D eigenvalue weighted by Crippen LogP contribution is 2.08. The van der Waals surface area contributed by atoms with Gasteiger partial charge in [0.25, 0.3) is 0 Å². The van der Waals surface area contributed by atoms with Crippen molar-refractivity contribution in [3.63, 3.8) is 0 Å². The molecule has 0 bridgehead atoms. The Balaban J connectivity index is 2.67. The van der Waals surface area contributed by atoms with Gasteiger partial charge < -0.3 is 19.8 Å². The van der Waals surface area contributed by atoms with Crippen molar-refractivity contribution in [1.82, 2.24) is 9.97 Å². The van der Waals surface area contributed by atoms with Gasteiger partial charge in [-0.25, -0.2) is 4.98 Å². The van der Waals surface area contributed by atoms with Gasteiger partial charge in [-0.3, -0.25) is 4.98 Å². The smallest absolute Gasteiger partial charge is 0.147 e. The van der Waals surface area contributed by atoms with Crippen LogP contribution in [0.2, 0.25) is 0 Å². The molecule has 0 amide bonds. The Hall–Kier alpha value is -1.24. The second-order valence-electron chi connectivity index (χ2n) is 3.23. The highest BCUT2D eigenvalue weighted by atomic mass is 16.5. The third-order valence-electron chi connectivity index (χ3n) is 2.11. The van der Waals surface area contributed by atoms with Crippen LogP contribution in [-0.4, -0.2) is 53.6 Å². The van der Waals surface area contributed by atoms with Crippen molar-refractivity contribution in [3.05, 3.63) is 18.1 Å². The quantitative estimate of drug-likeness (QED) is 0.648. The number of aromatic nitrogens is 2. The fourth-order valence-corrected chi connectivity index (χ4v) is 1.26. The van der Waals surface area contributed by atoms with Crippen molar-refractivity contribution in [1.29, 1.82) is 0 Å². The van der Waals surface area contributed by atoms with Crippen LogP contribution in [0.4, 0.5) is 5.82 Å². The van der Waals surface area contributed by atoms with E-state index in [9.17, 15) is 0 Å². The third-order valence-corrected chi connectivity index (χ3v) is 2.11. The first-order chi connectivity index (χ1) is 7.81. The average Bonchev–Trinajstić information content (AvgIpc) is 2.35. The Labute approximate surface area is 94.5 Å². The minimum Gasteiger partial charge on any atom is -0.395 e. The van der Waals surface area contributed by atoms with Gasteiger partial charge in [0.15, 0.2) is 0 Å². The van der Waals surface area contributed by atoms with Crippen LogP contribution in [0.3, 0.4) is 0 Å². The normalized spacial score (nSPS) is 10.4. The monoisotopic (exact) mass is 227 g/mol. The van der Waals surface area contributed by atoms with Gasteiger partial charge in [0, 0.05) is 20.2 Å². The standard InChI is InChI=1S/C10H17N3O3/c1-16-5-3-13(2-4-14)10-7-11-9(8-15)6-12-10/h6-7,14-15H,2-5,8H2,1H3. The van der Waals surface area contributed by atoms with Crippen LogP contribution in [0.15, 0.2) is 12.4 Å². The molecule has 0 atom stereocenters. The summed E-state index contributed by atoms with van der Waals surface area (Å²) in [6.07, 6.45) is 3.10. The molecule has 0 aliphatic heterocycles. The molecule has 6 heteroatoms.